The number of hydrogen-bond acceptors (Lipinski definition) is 3. The molecule has 0 radical (unpaired) electrons. The van der Waals surface area contributed by atoms with E-state index in [0.717, 1.165) is 24.6 Å². The minimum Gasteiger partial charge on any atom is -0.384 e. The van der Waals surface area contributed by atoms with Crippen LogP contribution in [0.15, 0.2) is 0 Å². The van der Waals surface area contributed by atoms with Crippen LogP contribution in [0.5, 0.6) is 0 Å². The van der Waals surface area contributed by atoms with E-state index in [1.807, 2.05) is 7.11 Å². The number of methoxy groups -OCH3 is 1. The summed E-state index contributed by atoms with van der Waals surface area (Å²) >= 11 is 0. The van der Waals surface area contributed by atoms with Crippen molar-refractivity contribution >= 4 is 0 Å². The Kier molecular flexibility index (Phi) is 4.00. The summed E-state index contributed by atoms with van der Waals surface area (Å²) in [6, 6.07) is 1.60. The Morgan fingerprint density at radius 3 is 2.87 bits per heavy atom. The molecule has 2 rings (SSSR count). The summed E-state index contributed by atoms with van der Waals surface area (Å²) in [7, 11) is 3.90. The molecule has 0 bridgehead atoms. The Morgan fingerprint density at radius 2 is 2.20 bits per heavy atom. The Labute approximate surface area is 93.2 Å². The number of nitrogens with one attached hydrogen (secondary N) is 1. The first kappa shape index (κ1) is 11.4. The second-order valence-corrected chi connectivity index (χ2v) is 5.06. The van der Waals surface area contributed by atoms with Gasteiger partial charge in [0.15, 0.2) is 0 Å². The minimum atomic E-state index is 0.761. The molecule has 3 atom stereocenters. The summed E-state index contributed by atoms with van der Waals surface area (Å²) in [6.07, 6.45) is 5.41. The Bertz CT molecular complexity index is 198. The molecule has 1 aliphatic heterocycles. The zero-order chi connectivity index (χ0) is 10.7. The average molecular weight is 212 g/mol. The Hall–Kier alpha value is -0.120. The molecular formula is C12H24N2O. The predicted octanol–water partition coefficient (Wildman–Crippen LogP) is 1.10. The van der Waals surface area contributed by atoms with Gasteiger partial charge in [0.25, 0.3) is 0 Å². The third kappa shape index (κ3) is 2.71. The topological polar surface area (TPSA) is 24.5 Å². The van der Waals surface area contributed by atoms with Crippen LogP contribution in [-0.2, 0) is 4.74 Å². The van der Waals surface area contributed by atoms with E-state index in [0.29, 0.717) is 0 Å². The summed E-state index contributed by atoms with van der Waals surface area (Å²) in [4.78, 5) is 2.68. The summed E-state index contributed by atoms with van der Waals surface area (Å²) in [6.45, 7) is 3.49. The quantitative estimate of drug-likeness (QED) is 0.755. The molecule has 1 saturated heterocycles. The number of rotatable bonds is 4. The Morgan fingerprint density at radius 1 is 1.33 bits per heavy atom. The largest absolute Gasteiger partial charge is 0.384 e. The molecular weight excluding hydrogens is 188 g/mol. The molecule has 88 valence electrons. The highest BCUT2D eigenvalue weighted by atomic mass is 16.5. The third-order valence-corrected chi connectivity index (χ3v) is 4.05. The van der Waals surface area contributed by atoms with Crippen LogP contribution in [0, 0.1) is 5.92 Å². The lowest BCUT2D eigenvalue weighted by molar-refractivity contribution is 0.147. The molecule has 0 amide bonds. The fourth-order valence-electron chi connectivity index (χ4n) is 3.12. The average Bonchev–Trinajstić information content (AvgIpc) is 2.85. The lowest BCUT2D eigenvalue weighted by Crippen LogP contribution is -2.33. The molecule has 1 heterocycles. The van der Waals surface area contributed by atoms with Crippen LogP contribution in [0.3, 0.4) is 0 Å². The first-order valence-corrected chi connectivity index (χ1v) is 6.23. The lowest BCUT2D eigenvalue weighted by Gasteiger charge is -2.24. The standard InChI is InChI=1S/C12H24N2O/c1-13-11-3-4-12(7-11)14-6-5-10(8-14)9-15-2/h10-13H,3-9H2,1-2H3. The van der Waals surface area contributed by atoms with Crippen molar-refractivity contribution in [3.05, 3.63) is 0 Å². The van der Waals surface area contributed by atoms with Gasteiger partial charge in [-0.3, -0.25) is 4.90 Å². The van der Waals surface area contributed by atoms with Crippen molar-refractivity contribution in [3.8, 4) is 0 Å². The van der Waals surface area contributed by atoms with Gasteiger partial charge in [0.2, 0.25) is 0 Å². The SMILES string of the molecule is CNC1CCC(N2CCC(COC)C2)C1. The van der Waals surface area contributed by atoms with Crippen LogP contribution in [0.2, 0.25) is 0 Å². The number of hydrogen-bond donors (Lipinski definition) is 1. The molecule has 0 aromatic rings. The number of ether oxygens (including phenoxy) is 1. The summed E-state index contributed by atoms with van der Waals surface area (Å²) < 4.78 is 5.24. The zero-order valence-electron chi connectivity index (χ0n) is 10.0. The van der Waals surface area contributed by atoms with Crippen molar-refractivity contribution in [1.82, 2.24) is 10.2 Å². The van der Waals surface area contributed by atoms with E-state index in [1.54, 1.807) is 0 Å². The molecule has 0 aromatic heterocycles. The number of nitrogens with zero attached hydrogens (tertiary/aromatic N) is 1. The van der Waals surface area contributed by atoms with Crippen LogP contribution >= 0.6 is 0 Å². The maximum absolute atomic E-state index is 5.24. The van der Waals surface area contributed by atoms with Gasteiger partial charge in [-0.2, -0.15) is 0 Å². The second kappa shape index (κ2) is 5.28. The van der Waals surface area contributed by atoms with Crippen LogP contribution in [0.4, 0.5) is 0 Å². The van der Waals surface area contributed by atoms with Gasteiger partial charge in [0.1, 0.15) is 0 Å². The molecule has 15 heavy (non-hydrogen) atoms. The Balaban J connectivity index is 1.76. The molecule has 1 aliphatic carbocycles. The molecule has 3 nitrogen and oxygen atoms in total. The van der Waals surface area contributed by atoms with Gasteiger partial charge >= 0.3 is 0 Å². The van der Waals surface area contributed by atoms with Gasteiger partial charge in [-0.1, -0.05) is 0 Å². The van der Waals surface area contributed by atoms with E-state index >= 15 is 0 Å². The van der Waals surface area contributed by atoms with Crippen molar-refractivity contribution in [1.29, 1.82) is 0 Å². The van der Waals surface area contributed by atoms with Crippen LogP contribution in [0.1, 0.15) is 25.7 Å². The fourth-order valence-corrected chi connectivity index (χ4v) is 3.12. The monoisotopic (exact) mass is 212 g/mol. The summed E-state index contributed by atoms with van der Waals surface area (Å²) in [5.41, 5.74) is 0. The first-order valence-electron chi connectivity index (χ1n) is 6.23. The molecule has 2 aliphatic rings. The van der Waals surface area contributed by atoms with E-state index in [4.69, 9.17) is 4.74 Å². The second-order valence-electron chi connectivity index (χ2n) is 5.06. The maximum atomic E-state index is 5.24. The van der Waals surface area contributed by atoms with Crippen molar-refractivity contribution in [2.75, 3.05) is 33.9 Å². The van der Waals surface area contributed by atoms with Gasteiger partial charge in [-0.05, 0) is 45.2 Å². The third-order valence-electron chi connectivity index (χ3n) is 4.05. The summed E-state index contributed by atoms with van der Waals surface area (Å²) in [5.74, 6) is 0.781. The maximum Gasteiger partial charge on any atom is 0.0503 e. The highest BCUT2D eigenvalue weighted by molar-refractivity contribution is 4.89. The van der Waals surface area contributed by atoms with E-state index in [9.17, 15) is 0 Å². The van der Waals surface area contributed by atoms with E-state index in [2.05, 4.69) is 17.3 Å². The van der Waals surface area contributed by atoms with Gasteiger partial charge in [0, 0.05) is 25.7 Å². The molecule has 0 spiro atoms. The van der Waals surface area contributed by atoms with Crippen molar-refractivity contribution in [2.24, 2.45) is 5.92 Å². The predicted molar refractivity (Wildman–Crippen MR) is 62.0 cm³/mol. The molecule has 3 heteroatoms. The van der Waals surface area contributed by atoms with Crippen LogP contribution < -0.4 is 5.32 Å². The fraction of sp³-hybridized carbons (Fsp3) is 1.00. The highest BCUT2D eigenvalue weighted by Gasteiger charge is 2.32. The first-order chi connectivity index (χ1) is 7.33. The van der Waals surface area contributed by atoms with E-state index in [1.165, 1.54) is 38.8 Å². The molecule has 1 N–H and O–H groups in total. The minimum absolute atomic E-state index is 0.761. The number of likely N-dealkylation sites (tertiary alicyclic amines) is 1. The van der Waals surface area contributed by atoms with Gasteiger partial charge < -0.3 is 10.1 Å². The molecule has 2 fully saturated rings. The molecule has 0 aromatic carbocycles. The van der Waals surface area contributed by atoms with Crippen LogP contribution in [-0.4, -0.2) is 50.8 Å². The summed E-state index contributed by atoms with van der Waals surface area (Å²) in [5, 5.41) is 3.40. The zero-order valence-corrected chi connectivity index (χ0v) is 10.0. The van der Waals surface area contributed by atoms with Gasteiger partial charge in [-0.15, -0.1) is 0 Å². The van der Waals surface area contributed by atoms with Crippen LogP contribution in [0.25, 0.3) is 0 Å². The lowest BCUT2D eigenvalue weighted by atomic mass is 10.1. The van der Waals surface area contributed by atoms with Crippen molar-refractivity contribution in [2.45, 2.75) is 37.8 Å². The van der Waals surface area contributed by atoms with E-state index < -0.39 is 0 Å². The highest BCUT2D eigenvalue weighted by Crippen LogP contribution is 2.28. The van der Waals surface area contributed by atoms with Gasteiger partial charge in [-0.25, -0.2) is 0 Å². The van der Waals surface area contributed by atoms with Gasteiger partial charge in [0.05, 0.1) is 6.61 Å². The van der Waals surface area contributed by atoms with Crippen molar-refractivity contribution < 1.29 is 4.74 Å². The van der Waals surface area contributed by atoms with E-state index in [-0.39, 0.29) is 0 Å². The smallest absolute Gasteiger partial charge is 0.0503 e. The normalized spacial score (nSPS) is 37.6. The molecule has 1 saturated carbocycles. The van der Waals surface area contributed by atoms with Crippen molar-refractivity contribution in [3.63, 3.8) is 0 Å². The molecule has 3 unspecified atom stereocenters.